The highest BCUT2D eigenvalue weighted by Crippen LogP contribution is 2.62. The first kappa shape index (κ1) is 49.8. The first-order valence-corrected chi connectivity index (χ1v) is 29.9. The van der Waals surface area contributed by atoms with Crippen molar-refractivity contribution in [3.05, 3.63) is 140 Å². The standard InChI is InChI=1S/C70H85BN2OS/c1-63(2,3)40-33-54-60-55(34-40)73(52-26-25-45(64(4,5)6)61-58(52)42-21-19-20-22-56(42)74-61)53-38-49-48(68(13,14)30-31-69(49,15)16)37-51(53)71(60)59-43-36-47-50(70(17,18)32-29-67(47,11)12)39-57(43)75-62(59)72(54)41-23-24-44-46(35-41)66(9,10)28-27-65(44,7)8/h19-26,34-37,39,49,54H,27-33,38H2,1-18H3. The highest BCUT2D eigenvalue weighted by atomic mass is 32.1. The van der Waals surface area contributed by atoms with Crippen LogP contribution in [-0.2, 0) is 27.1 Å². The Kier molecular flexibility index (Phi) is 10.3. The van der Waals surface area contributed by atoms with Gasteiger partial charge in [-0.2, -0.15) is 0 Å². The van der Waals surface area contributed by atoms with Gasteiger partial charge in [-0.3, -0.25) is 0 Å². The summed E-state index contributed by atoms with van der Waals surface area (Å²) in [6.07, 6.45) is 14.8. The van der Waals surface area contributed by atoms with Crippen molar-refractivity contribution in [3.63, 3.8) is 0 Å². The minimum atomic E-state index is -0.110. The van der Waals surface area contributed by atoms with E-state index >= 15 is 0 Å². The van der Waals surface area contributed by atoms with Crippen LogP contribution < -0.4 is 15.3 Å². The predicted octanol–water partition coefficient (Wildman–Crippen LogP) is 19.3. The summed E-state index contributed by atoms with van der Waals surface area (Å²) in [5.41, 5.74) is 23.3. The summed E-state index contributed by atoms with van der Waals surface area (Å²) in [6.45, 7) is 44.9. The van der Waals surface area contributed by atoms with Crippen molar-refractivity contribution in [1.29, 1.82) is 0 Å². The van der Waals surface area contributed by atoms with Crippen molar-refractivity contribution in [2.45, 2.75) is 209 Å². The molecule has 2 unspecified atom stereocenters. The third-order valence-corrected chi connectivity index (χ3v) is 22.3. The molecule has 0 N–H and O–H groups in total. The Bertz CT molecular complexity index is 3610. The molecule has 0 spiro atoms. The molecule has 2 aromatic heterocycles. The number of hydrogen-bond donors (Lipinski definition) is 0. The number of nitrogens with zero attached hydrogens (tertiary/aromatic N) is 2. The first-order chi connectivity index (χ1) is 34.9. The van der Waals surface area contributed by atoms with Crippen LogP contribution in [0, 0.1) is 22.2 Å². The fourth-order valence-electron chi connectivity index (χ4n) is 15.9. The second kappa shape index (κ2) is 15.5. The van der Waals surface area contributed by atoms with Gasteiger partial charge in [0.25, 0.3) is 0 Å². The van der Waals surface area contributed by atoms with Gasteiger partial charge in [0.1, 0.15) is 11.2 Å². The molecule has 2 aliphatic heterocycles. The Morgan fingerprint density at radius 1 is 0.613 bits per heavy atom. The molecule has 2 atom stereocenters. The van der Waals surface area contributed by atoms with E-state index in [0.29, 0.717) is 5.92 Å². The zero-order valence-electron chi connectivity index (χ0n) is 49.1. The third kappa shape index (κ3) is 7.16. The number of thiophene rings is 1. The molecule has 4 heterocycles. The molecule has 1 saturated carbocycles. The van der Waals surface area contributed by atoms with Crippen molar-refractivity contribution < 1.29 is 4.42 Å². The number of furan rings is 1. The summed E-state index contributed by atoms with van der Waals surface area (Å²) in [5.74, 6) is 0.428. The van der Waals surface area contributed by atoms with Gasteiger partial charge in [-0.05, 0) is 187 Å². The fourth-order valence-corrected chi connectivity index (χ4v) is 17.2. The normalized spacial score (nSPS) is 24.9. The molecular formula is C70H85BN2OS. The van der Waals surface area contributed by atoms with Crippen LogP contribution in [0.5, 0.6) is 0 Å². The maximum atomic E-state index is 7.13. The van der Waals surface area contributed by atoms with E-state index < -0.39 is 0 Å². The van der Waals surface area contributed by atoms with Crippen LogP contribution in [0.2, 0.25) is 0 Å². The first-order valence-electron chi connectivity index (χ1n) is 29.1. The smallest absolute Gasteiger partial charge is 0.248 e. The summed E-state index contributed by atoms with van der Waals surface area (Å²) < 4.78 is 8.58. The molecule has 6 aromatic rings. The van der Waals surface area contributed by atoms with E-state index in [-0.39, 0.29) is 56.1 Å². The number of rotatable bonds is 2. The highest BCUT2D eigenvalue weighted by molar-refractivity contribution is 7.25. The Balaban J connectivity index is 1.20. The lowest BCUT2D eigenvalue weighted by molar-refractivity contribution is 0.121. The van der Waals surface area contributed by atoms with Crippen molar-refractivity contribution in [3.8, 4) is 0 Å². The Morgan fingerprint density at radius 2 is 1.24 bits per heavy atom. The summed E-state index contributed by atoms with van der Waals surface area (Å²) in [6, 6.07) is 27.1. The fraction of sp³-hybridized carbons (Fsp3) is 0.514. The van der Waals surface area contributed by atoms with E-state index in [4.69, 9.17) is 4.42 Å². The van der Waals surface area contributed by atoms with Crippen LogP contribution in [0.25, 0.3) is 32.0 Å². The van der Waals surface area contributed by atoms with Crippen molar-refractivity contribution in [2.24, 2.45) is 22.2 Å². The van der Waals surface area contributed by atoms with E-state index in [1.807, 2.05) is 0 Å². The van der Waals surface area contributed by atoms with Crippen molar-refractivity contribution in [1.82, 2.24) is 0 Å². The van der Waals surface area contributed by atoms with E-state index in [2.05, 4.69) is 225 Å². The lowest BCUT2D eigenvalue weighted by Gasteiger charge is -2.55. The summed E-state index contributed by atoms with van der Waals surface area (Å²) in [5, 5.41) is 5.39. The van der Waals surface area contributed by atoms with Gasteiger partial charge in [-0.15, -0.1) is 11.3 Å². The number of hydrogen-bond acceptors (Lipinski definition) is 4. The number of fused-ring (bicyclic) bond motifs is 11. The number of benzene rings is 4. The molecule has 0 bridgehead atoms. The topological polar surface area (TPSA) is 19.6 Å². The Morgan fingerprint density at radius 3 is 1.91 bits per heavy atom. The van der Waals surface area contributed by atoms with Crippen LogP contribution in [0.1, 0.15) is 204 Å². The SMILES string of the molecule is CC(C)(C)C1=CC2=C3B(C4=C(CC5C(=C4)C(C)(C)CCC5(C)C)N2c2ccc(C(C)(C)C)c4oc5ccccc5c24)c2c(sc4cc5c(cc24)C(C)(C)CCC5(C)C)N(c2ccc4c(c2)C(C)(C)CCC4(C)C)C3C1. The Labute approximate surface area is 455 Å². The second-order valence-electron chi connectivity index (χ2n) is 30.9. The average Bonchev–Trinajstić information content (AvgIpc) is 3.93. The molecule has 7 aliphatic rings. The minimum absolute atomic E-state index is 0.0542. The minimum Gasteiger partial charge on any atom is -0.456 e. The molecule has 390 valence electrons. The lowest BCUT2D eigenvalue weighted by atomic mass is 9.30. The van der Waals surface area contributed by atoms with E-state index in [9.17, 15) is 0 Å². The number of para-hydroxylation sites is 1. The van der Waals surface area contributed by atoms with E-state index in [1.165, 1.54) is 115 Å². The second-order valence-corrected chi connectivity index (χ2v) is 31.9. The zero-order valence-corrected chi connectivity index (χ0v) is 49.9. The van der Waals surface area contributed by atoms with Crippen LogP contribution in [0.15, 0.2) is 117 Å². The van der Waals surface area contributed by atoms with E-state index in [0.717, 1.165) is 24.0 Å². The van der Waals surface area contributed by atoms with Gasteiger partial charge < -0.3 is 14.2 Å². The maximum Gasteiger partial charge on any atom is 0.248 e. The molecule has 13 rings (SSSR count). The molecule has 4 aromatic carbocycles. The van der Waals surface area contributed by atoms with Crippen molar-refractivity contribution in [2.75, 3.05) is 9.80 Å². The van der Waals surface area contributed by atoms with E-state index in [1.54, 1.807) is 27.6 Å². The summed E-state index contributed by atoms with van der Waals surface area (Å²) in [4.78, 5) is 5.77. The van der Waals surface area contributed by atoms with Gasteiger partial charge in [0.05, 0.1) is 22.1 Å². The number of allylic oxidation sites excluding steroid dienone is 5. The molecule has 3 nitrogen and oxygen atoms in total. The summed E-state index contributed by atoms with van der Waals surface area (Å²) >= 11 is 2.10. The van der Waals surface area contributed by atoms with Gasteiger partial charge in [-0.25, -0.2) is 0 Å². The van der Waals surface area contributed by atoms with Gasteiger partial charge >= 0.3 is 0 Å². The third-order valence-electron chi connectivity index (χ3n) is 21.2. The monoisotopic (exact) mass is 1010 g/mol. The zero-order chi connectivity index (χ0) is 53.3. The number of anilines is 3. The molecule has 1 fully saturated rings. The van der Waals surface area contributed by atoms with Crippen LogP contribution >= 0.6 is 11.3 Å². The molecule has 0 saturated heterocycles. The van der Waals surface area contributed by atoms with Crippen molar-refractivity contribution >= 4 is 71.9 Å². The van der Waals surface area contributed by atoms with Crippen LogP contribution in [-0.4, -0.2) is 12.8 Å². The van der Waals surface area contributed by atoms with Gasteiger partial charge in [0.2, 0.25) is 6.71 Å². The quantitative estimate of drug-likeness (QED) is 0.161. The van der Waals surface area contributed by atoms with Gasteiger partial charge in [0, 0.05) is 32.7 Å². The molecule has 0 radical (unpaired) electrons. The molecule has 5 heteroatoms. The Hall–Kier alpha value is -4.74. The highest BCUT2D eigenvalue weighted by Gasteiger charge is 2.56. The molecular weight excluding hydrogens is 928 g/mol. The average molecular weight is 1010 g/mol. The van der Waals surface area contributed by atoms with Gasteiger partial charge in [0.15, 0.2) is 0 Å². The largest absolute Gasteiger partial charge is 0.456 e. The predicted molar refractivity (Wildman–Crippen MR) is 324 cm³/mol. The molecule has 0 amide bonds. The molecule has 5 aliphatic carbocycles. The summed E-state index contributed by atoms with van der Waals surface area (Å²) in [7, 11) is 0. The lowest BCUT2D eigenvalue weighted by Crippen LogP contribution is -2.58. The van der Waals surface area contributed by atoms with Crippen LogP contribution in [0.4, 0.5) is 16.4 Å². The maximum absolute atomic E-state index is 7.13. The molecule has 75 heavy (non-hydrogen) atoms. The van der Waals surface area contributed by atoms with Gasteiger partial charge in [-0.1, -0.05) is 172 Å². The van der Waals surface area contributed by atoms with Crippen LogP contribution in [0.3, 0.4) is 0 Å².